The monoisotopic (exact) mass is 262 g/mol. The Hall–Kier alpha value is -1.62. The van der Waals surface area contributed by atoms with Crippen molar-refractivity contribution in [1.82, 2.24) is 9.88 Å². The van der Waals surface area contributed by atoms with E-state index in [-0.39, 0.29) is 11.9 Å². The van der Waals surface area contributed by atoms with Gasteiger partial charge in [0.25, 0.3) is 0 Å². The van der Waals surface area contributed by atoms with Crippen molar-refractivity contribution >= 4 is 11.7 Å². The van der Waals surface area contributed by atoms with Crippen molar-refractivity contribution in [3.05, 3.63) is 23.9 Å². The van der Waals surface area contributed by atoms with Gasteiger partial charge < -0.3 is 11.1 Å². The third-order valence-electron chi connectivity index (χ3n) is 3.46. The standard InChI is InChI=1S/C14H22N4O/c1-2-7-16-13-6-5-11(9-17-13)10-18-8-3-4-12(18)14(15)19/h5-6,9,12H,2-4,7-8,10H2,1H3,(H2,15,19)(H,16,17). The first kappa shape index (κ1) is 13.8. The molecule has 3 N–H and O–H groups in total. The molecular weight excluding hydrogens is 240 g/mol. The third-order valence-corrected chi connectivity index (χ3v) is 3.46. The van der Waals surface area contributed by atoms with Crippen molar-refractivity contribution in [3.8, 4) is 0 Å². The number of pyridine rings is 1. The van der Waals surface area contributed by atoms with Crippen LogP contribution in [0.5, 0.6) is 0 Å². The summed E-state index contributed by atoms with van der Waals surface area (Å²) in [5.41, 5.74) is 6.54. The summed E-state index contributed by atoms with van der Waals surface area (Å²) in [7, 11) is 0. The summed E-state index contributed by atoms with van der Waals surface area (Å²) < 4.78 is 0. The number of amides is 1. The molecule has 0 aliphatic carbocycles. The van der Waals surface area contributed by atoms with Crippen LogP contribution in [0.1, 0.15) is 31.7 Å². The Labute approximate surface area is 114 Å². The Morgan fingerprint density at radius 3 is 3.05 bits per heavy atom. The molecule has 0 aromatic carbocycles. The number of rotatable bonds is 6. The number of nitrogens with two attached hydrogens (primary N) is 1. The van der Waals surface area contributed by atoms with Gasteiger partial charge in [0.05, 0.1) is 6.04 Å². The molecule has 1 atom stereocenters. The zero-order chi connectivity index (χ0) is 13.7. The Morgan fingerprint density at radius 1 is 1.58 bits per heavy atom. The lowest BCUT2D eigenvalue weighted by Gasteiger charge is -2.21. The van der Waals surface area contributed by atoms with E-state index in [1.165, 1.54) is 0 Å². The Morgan fingerprint density at radius 2 is 2.42 bits per heavy atom. The SMILES string of the molecule is CCCNc1ccc(CN2CCCC2C(N)=O)cn1. The van der Waals surface area contributed by atoms with E-state index in [2.05, 4.69) is 28.2 Å². The zero-order valence-electron chi connectivity index (χ0n) is 11.4. The van der Waals surface area contributed by atoms with Crippen molar-refractivity contribution < 1.29 is 4.79 Å². The molecule has 1 aromatic rings. The van der Waals surface area contributed by atoms with Gasteiger partial charge in [0.15, 0.2) is 0 Å². The molecule has 2 rings (SSSR count). The van der Waals surface area contributed by atoms with E-state index in [4.69, 9.17) is 5.73 Å². The molecule has 104 valence electrons. The van der Waals surface area contributed by atoms with Crippen LogP contribution in [-0.2, 0) is 11.3 Å². The molecule has 1 unspecified atom stereocenters. The highest BCUT2D eigenvalue weighted by Gasteiger charge is 2.28. The largest absolute Gasteiger partial charge is 0.370 e. The van der Waals surface area contributed by atoms with Crippen LogP contribution in [-0.4, -0.2) is 34.9 Å². The summed E-state index contributed by atoms with van der Waals surface area (Å²) in [5.74, 6) is 0.685. The van der Waals surface area contributed by atoms with Crippen LogP contribution in [0, 0.1) is 0 Å². The van der Waals surface area contributed by atoms with Gasteiger partial charge in [-0.3, -0.25) is 9.69 Å². The number of aromatic nitrogens is 1. The van der Waals surface area contributed by atoms with E-state index >= 15 is 0 Å². The highest BCUT2D eigenvalue weighted by atomic mass is 16.1. The highest BCUT2D eigenvalue weighted by Crippen LogP contribution is 2.19. The van der Waals surface area contributed by atoms with Gasteiger partial charge in [-0.25, -0.2) is 4.98 Å². The number of anilines is 1. The molecule has 1 fully saturated rings. The molecule has 1 aliphatic rings. The molecule has 0 radical (unpaired) electrons. The average Bonchev–Trinajstić information content (AvgIpc) is 2.86. The topological polar surface area (TPSA) is 71.2 Å². The summed E-state index contributed by atoms with van der Waals surface area (Å²) in [6.07, 6.45) is 4.86. The van der Waals surface area contributed by atoms with Crippen LogP contribution in [0.25, 0.3) is 0 Å². The van der Waals surface area contributed by atoms with Crippen LogP contribution in [0.4, 0.5) is 5.82 Å². The average molecular weight is 262 g/mol. The van der Waals surface area contributed by atoms with Crippen molar-refractivity contribution in [3.63, 3.8) is 0 Å². The Kier molecular flexibility index (Phi) is 4.74. The van der Waals surface area contributed by atoms with Crippen LogP contribution in [0.3, 0.4) is 0 Å². The Bertz CT molecular complexity index is 418. The van der Waals surface area contributed by atoms with Gasteiger partial charge in [-0.05, 0) is 37.4 Å². The molecule has 1 amide bonds. The van der Waals surface area contributed by atoms with E-state index in [1.807, 2.05) is 12.3 Å². The summed E-state index contributed by atoms with van der Waals surface area (Å²) in [5, 5.41) is 3.24. The van der Waals surface area contributed by atoms with Gasteiger partial charge in [0.2, 0.25) is 5.91 Å². The maximum atomic E-state index is 11.3. The lowest BCUT2D eigenvalue weighted by atomic mass is 10.2. The summed E-state index contributed by atoms with van der Waals surface area (Å²) >= 11 is 0. The number of nitrogens with zero attached hydrogens (tertiary/aromatic N) is 2. The van der Waals surface area contributed by atoms with E-state index in [0.29, 0.717) is 0 Å². The van der Waals surface area contributed by atoms with Crippen LogP contribution in [0.2, 0.25) is 0 Å². The van der Waals surface area contributed by atoms with Crippen molar-refractivity contribution in [2.75, 3.05) is 18.4 Å². The second kappa shape index (κ2) is 6.52. The van der Waals surface area contributed by atoms with E-state index < -0.39 is 0 Å². The number of nitrogens with one attached hydrogen (secondary N) is 1. The van der Waals surface area contributed by atoms with Gasteiger partial charge in [-0.2, -0.15) is 0 Å². The molecular formula is C14H22N4O. The fraction of sp³-hybridized carbons (Fsp3) is 0.571. The second-order valence-electron chi connectivity index (χ2n) is 5.01. The van der Waals surface area contributed by atoms with Gasteiger partial charge in [0, 0.05) is 19.3 Å². The van der Waals surface area contributed by atoms with E-state index in [0.717, 1.165) is 50.3 Å². The fourth-order valence-electron chi connectivity index (χ4n) is 2.45. The fourth-order valence-corrected chi connectivity index (χ4v) is 2.45. The number of primary amides is 1. The molecule has 1 saturated heterocycles. The molecule has 2 heterocycles. The van der Waals surface area contributed by atoms with Crippen LogP contribution in [0.15, 0.2) is 18.3 Å². The van der Waals surface area contributed by atoms with Crippen LogP contribution >= 0.6 is 0 Å². The van der Waals surface area contributed by atoms with Gasteiger partial charge in [0.1, 0.15) is 5.82 Å². The number of carbonyl (C=O) groups is 1. The third kappa shape index (κ3) is 3.67. The summed E-state index contributed by atoms with van der Waals surface area (Å²) in [6.45, 7) is 4.74. The zero-order valence-corrected chi connectivity index (χ0v) is 11.4. The molecule has 1 aliphatic heterocycles. The summed E-state index contributed by atoms with van der Waals surface area (Å²) in [6, 6.07) is 3.93. The maximum absolute atomic E-state index is 11.3. The molecule has 19 heavy (non-hydrogen) atoms. The highest BCUT2D eigenvalue weighted by molar-refractivity contribution is 5.80. The smallest absolute Gasteiger partial charge is 0.234 e. The van der Waals surface area contributed by atoms with Crippen molar-refractivity contribution in [1.29, 1.82) is 0 Å². The minimum atomic E-state index is -0.216. The lowest BCUT2D eigenvalue weighted by Crippen LogP contribution is -2.39. The molecule has 5 nitrogen and oxygen atoms in total. The number of likely N-dealkylation sites (tertiary alicyclic amines) is 1. The van der Waals surface area contributed by atoms with Gasteiger partial charge in [-0.1, -0.05) is 13.0 Å². The van der Waals surface area contributed by atoms with Gasteiger partial charge in [-0.15, -0.1) is 0 Å². The minimum Gasteiger partial charge on any atom is -0.370 e. The maximum Gasteiger partial charge on any atom is 0.234 e. The number of hydrogen-bond donors (Lipinski definition) is 2. The first-order chi connectivity index (χ1) is 9.20. The van der Waals surface area contributed by atoms with E-state index in [1.54, 1.807) is 0 Å². The quantitative estimate of drug-likeness (QED) is 0.812. The van der Waals surface area contributed by atoms with Crippen molar-refractivity contribution in [2.24, 2.45) is 5.73 Å². The number of hydrogen-bond acceptors (Lipinski definition) is 4. The van der Waals surface area contributed by atoms with Gasteiger partial charge >= 0.3 is 0 Å². The Balaban J connectivity index is 1.93. The molecule has 0 saturated carbocycles. The normalized spacial score (nSPS) is 19.5. The predicted octanol–water partition coefficient (Wildman–Crippen LogP) is 1.35. The second-order valence-corrected chi connectivity index (χ2v) is 5.01. The first-order valence-electron chi connectivity index (χ1n) is 6.93. The minimum absolute atomic E-state index is 0.113. The number of carbonyl (C=O) groups excluding carboxylic acids is 1. The van der Waals surface area contributed by atoms with Crippen LogP contribution < -0.4 is 11.1 Å². The van der Waals surface area contributed by atoms with Crippen molar-refractivity contribution in [2.45, 2.75) is 38.8 Å². The van der Waals surface area contributed by atoms with E-state index in [9.17, 15) is 4.79 Å². The lowest BCUT2D eigenvalue weighted by molar-refractivity contribution is -0.122. The first-order valence-corrected chi connectivity index (χ1v) is 6.93. The molecule has 1 aromatic heterocycles. The summed E-state index contributed by atoms with van der Waals surface area (Å²) in [4.78, 5) is 17.8. The predicted molar refractivity (Wildman–Crippen MR) is 75.6 cm³/mol. The molecule has 5 heteroatoms. The molecule has 0 bridgehead atoms. The molecule has 0 spiro atoms.